The number of aliphatic hydroxyl groups excluding tert-OH is 2. The molecule has 0 aromatic carbocycles. The topological polar surface area (TPSA) is 74.6 Å². The SMILES string of the molecule is O=[C-]O.O=[C-]O.[Pb+2]. The Morgan fingerprint density at radius 3 is 1.00 bits per heavy atom. The van der Waals surface area contributed by atoms with E-state index in [0.29, 0.717) is 12.9 Å². The molecule has 0 aromatic heterocycles. The Bertz CT molecular complexity index is 30.7. The van der Waals surface area contributed by atoms with Gasteiger partial charge in [0.1, 0.15) is 0 Å². The zero-order valence-corrected chi connectivity index (χ0v) is 7.10. The van der Waals surface area contributed by atoms with Crippen LogP contribution in [0.1, 0.15) is 0 Å². The molecule has 0 heterocycles. The van der Waals surface area contributed by atoms with Crippen LogP contribution in [0.3, 0.4) is 0 Å². The van der Waals surface area contributed by atoms with Crippen molar-refractivity contribution >= 4 is 40.2 Å². The van der Waals surface area contributed by atoms with Gasteiger partial charge in [-0.05, 0) is 0 Å². The first-order valence-corrected chi connectivity index (χ1v) is 0.855. The summed E-state index contributed by atoms with van der Waals surface area (Å²) in [6.07, 6.45) is 0. The molecule has 5 heteroatoms. The van der Waals surface area contributed by atoms with Gasteiger partial charge in [-0.3, -0.25) is 0 Å². The predicted octanol–water partition coefficient (Wildman–Crippen LogP) is -1.16. The van der Waals surface area contributed by atoms with Crippen LogP contribution in [0.15, 0.2) is 0 Å². The maximum absolute atomic E-state index is 8.24. The molecule has 0 rings (SSSR count). The Kier molecular flexibility index (Phi) is 90.3. The molecule has 4 nitrogen and oxygen atoms in total. The van der Waals surface area contributed by atoms with Gasteiger partial charge in [0.05, 0.1) is 0 Å². The van der Waals surface area contributed by atoms with E-state index in [-0.39, 0.29) is 27.3 Å². The fraction of sp³-hybridized carbons (Fsp3) is 0. The quantitative estimate of drug-likeness (QED) is 0.437. The van der Waals surface area contributed by atoms with E-state index in [0.717, 1.165) is 0 Å². The Balaban J connectivity index is -0.0000000400. The minimum absolute atomic E-state index is 0. The second kappa shape index (κ2) is 40.0. The summed E-state index contributed by atoms with van der Waals surface area (Å²) in [6, 6.07) is 0. The van der Waals surface area contributed by atoms with Gasteiger partial charge >= 0.3 is 27.3 Å². The third kappa shape index (κ3) is 4600. The van der Waals surface area contributed by atoms with Gasteiger partial charge in [0.25, 0.3) is 0 Å². The molecule has 38 valence electrons. The molecule has 0 atom stereocenters. The van der Waals surface area contributed by atoms with Gasteiger partial charge in [-0.25, -0.2) is 0 Å². The summed E-state index contributed by atoms with van der Waals surface area (Å²) < 4.78 is 0. The third-order valence-electron chi connectivity index (χ3n) is 0. The number of hydrogen-bond donors (Lipinski definition) is 2. The summed E-state index contributed by atoms with van der Waals surface area (Å²) in [5.74, 6) is 0. The van der Waals surface area contributed by atoms with Crippen molar-refractivity contribution in [3.05, 3.63) is 0 Å². The van der Waals surface area contributed by atoms with Crippen LogP contribution in [0.2, 0.25) is 0 Å². The third-order valence-corrected chi connectivity index (χ3v) is 0. The molecule has 0 spiro atoms. The Morgan fingerprint density at radius 2 is 1.00 bits per heavy atom. The van der Waals surface area contributed by atoms with Crippen molar-refractivity contribution in [1.82, 2.24) is 0 Å². The van der Waals surface area contributed by atoms with Crippen molar-refractivity contribution in [3.8, 4) is 0 Å². The Morgan fingerprint density at radius 1 is 1.00 bits per heavy atom. The zero-order valence-electron chi connectivity index (χ0n) is 3.21. The average Bonchev–Trinajstić information content (AvgIpc) is 1.39. The zero-order chi connectivity index (χ0) is 5.41. The molecule has 0 unspecified atom stereocenters. The minimum atomic E-state index is 0. The van der Waals surface area contributed by atoms with Crippen molar-refractivity contribution in [2.45, 2.75) is 0 Å². The predicted molar refractivity (Wildman–Crippen MR) is 22.4 cm³/mol. The summed E-state index contributed by atoms with van der Waals surface area (Å²) in [5, 5.41) is 13.5. The summed E-state index contributed by atoms with van der Waals surface area (Å²) in [6.45, 7) is 1.00. The van der Waals surface area contributed by atoms with Gasteiger partial charge < -0.3 is 19.8 Å². The molecule has 0 aliphatic carbocycles. The Labute approximate surface area is 60.3 Å². The standard InChI is InChI=1S/2CHO2.Pb/c2*2-1-3;/h2*(H,2,3);/q2*-1;+2. The molecular formula is C2H2O4Pb. The van der Waals surface area contributed by atoms with Crippen LogP contribution in [0.5, 0.6) is 0 Å². The molecule has 0 aliphatic rings. The van der Waals surface area contributed by atoms with E-state index in [1.807, 2.05) is 0 Å². The maximum Gasteiger partial charge on any atom is 2.00 e. The van der Waals surface area contributed by atoms with Gasteiger partial charge in [-0.2, -0.15) is 0 Å². The van der Waals surface area contributed by atoms with Crippen LogP contribution in [0.25, 0.3) is 0 Å². The van der Waals surface area contributed by atoms with E-state index in [9.17, 15) is 0 Å². The van der Waals surface area contributed by atoms with E-state index in [1.54, 1.807) is 0 Å². The molecule has 0 bridgehead atoms. The molecule has 0 saturated carbocycles. The van der Waals surface area contributed by atoms with E-state index in [2.05, 4.69) is 0 Å². The average molecular weight is 297 g/mol. The van der Waals surface area contributed by atoms with Gasteiger partial charge in [-0.15, -0.1) is 0 Å². The molecule has 0 aliphatic heterocycles. The number of hydrogen-bond acceptors (Lipinski definition) is 2. The fourth-order valence-electron chi connectivity index (χ4n) is 0. The largest absolute Gasteiger partial charge is 2.00 e. The van der Waals surface area contributed by atoms with Crippen molar-refractivity contribution in [2.75, 3.05) is 0 Å². The van der Waals surface area contributed by atoms with Gasteiger partial charge in [-0.1, -0.05) is 12.9 Å². The first kappa shape index (κ1) is 15.8. The van der Waals surface area contributed by atoms with Crippen molar-refractivity contribution in [3.63, 3.8) is 0 Å². The van der Waals surface area contributed by atoms with E-state index >= 15 is 0 Å². The molecular weight excluding hydrogens is 295 g/mol. The first-order valence-electron chi connectivity index (χ1n) is 0.855. The summed E-state index contributed by atoms with van der Waals surface area (Å²) in [4.78, 5) is 16.5. The molecule has 0 saturated heterocycles. The van der Waals surface area contributed by atoms with Crippen LogP contribution in [0.4, 0.5) is 0 Å². The summed E-state index contributed by atoms with van der Waals surface area (Å²) in [5.41, 5.74) is 0. The van der Waals surface area contributed by atoms with Crippen molar-refractivity contribution < 1.29 is 19.8 Å². The molecule has 2 radical (unpaired) electrons. The van der Waals surface area contributed by atoms with Gasteiger partial charge in [0.15, 0.2) is 0 Å². The van der Waals surface area contributed by atoms with E-state index in [4.69, 9.17) is 19.8 Å². The smallest absolute Gasteiger partial charge is 0.665 e. The fourth-order valence-corrected chi connectivity index (χ4v) is 0. The molecule has 0 aromatic rings. The van der Waals surface area contributed by atoms with E-state index < -0.39 is 0 Å². The van der Waals surface area contributed by atoms with Crippen LogP contribution >= 0.6 is 0 Å². The molecule has 2 N–H and O–H groups in total. The van der Waals surface area contributed by atoms with Gasteiger partial charge in [0, 0.05) is 0 Å². The second-order valence-electron chi connectivity index (χ2n) is 0.183. The normalized spacial score (nSPS) is 3.43. The second-order valence-corrected chi connectivity index (χ2v) is 0.183. The van der Waals surface area contributed by atoms with Crippen LogP contribution in [-0.2, 0) is 9.59 Å². The summed E-state index contributed by atoms with van der Waals surface area (Å²) in [7, 11) is 0. The summed E-state index contributed by atoms with van der Waals surface area (Å²) >= 11 is 0. The van der Waals surface area contributed by atoms with Crippen molar-refractivity contribution in [1.29, 1.82) is 0 Å². The van der Waals surface area contributed by atoms with Crippen LogP contribution in [0, 0.1) is 0 Å². The first-order chi connectivity index (χ1) is 2.83. The minimum Gasteiger partial charge on any atom is -0.665 e. The molecule has 0 amide bonds. The molecule has 0 fully saturated rings. The van der Waals surface area contributed by atoms with E-state index in [1.165, 1.54) is 0 Å². The van der Waals surface area contributed by atoms with Gasteiger partial charge in [0.2, 0.25) is 0 Å². The Hall–Kier alpha value is -0.138. The van der Waals surface area contributed by atoms with Crippen LogP contribution < -0.4 is 0 Å². The molecule has 7 heavy (non-hydrogen) atoms. The van der Waals surface area contributed by atoms with Crippen LogP contribution in [-0.4, -0.2) is 50.5 Å². The maximum atomic E-state index is 8.24. The van der Waals surface area contributed by atoms with Crippen molar-refractivity contribution in [2.24, 2.45) is 0 Å². The monoisotopic (exact) mass is 298 g/mol. The number of rotatable bonds is 0.